The van der Waals surface area contributed by atoms with Crippen LogP contribution in [0.1, 0.15) is 11.3 Å². The molecule has 0 aliphatic heterocycles. The number of pyridine rings is 1. The lowest BCUT2D eigenvalue weighted by atomic mass is 10.2. The van der Waals surface area contributed by atoms with Crippen molar-refractivity contribution >= 4 is 16.6 Å². The number of anilines is 1. The van der Waals surface area contributed by atoms with Crippen molar-refractivity contribution in [1.29, 1.82) is 5.26 Å². The van der Waals surface area contributed by atoms with Crippen LogP contribution in [0.2, 0.25) is 0 Å². The first-order chi connectivity index (χ1) is 10.2. The summed E-state index contributed by atoms with van der Waals surface area (Å²) in [7, 11) is 0. The van der Waals surface area contributed by atoms with Gasteiger partial charge in [-0.25, -0.2) is 4.98 Å². The van der Waals surface area contributed by atoms with Crippen molar-refractivity contribution in [1.82, 2.24) is 4.98 Å². The minimum Gasteiger partial charge on any atom is -0.455 e. The Morgan fingerprint density at radius 2 is 2.00 bits per heavy atom. The first kappa shape index (κ1) is 12.9. The number of nitrogens with two attached hydrogens (primary N) is 1. The first-order valence-electron chi connectivity index (χ1n) is 6.51. The van der Waals surface area contributed by atoms with Crippen LogP contribution < -0.4 is 10.5 Å². The summed E-state index contributed by atoms with van der Waals surface area (Å²) in [5, 5.41) is 9.90. The van der Waals surface area contributed by atoms with E-state index < -0.39 is 0 Å². The number of hydrogen-bond acceptors (Lipinski definition) is 4. The second kappa shape index (κ2) is 5.14. The van der Waals surface area contributed by atoms with Crippen molar-refractivity contribution in [2.75, 3.05) is 5.73 Å². The summed E-state index contributed by atoms with van der Waals surface area (Å²) < 4.78 is 5.88. The molecule has 0 saturated heterocycles. The number of para-hydroxylation sites is 1. The summed E-state index contributed by atoms with van der Waals surface area (Å²) in [5.74, 6) is 1.25. The molecule has 1 heterocycles. The fourth-order valence-electron chi connectivity index (χ4n) is 2.13. The van der Waals surface area contributed by atoms with Crippen LogP contribution in [0.4, 0.5) is 5.69 Å². The van der Waals surface area contributed by atoms with Gasteiger partial charge in [0.1, 0.15) is 17.3 Å². The molecule has 1 aromatic heterocycles. The van der Waals surface area contributed by atoms with Gasteiger partial charge in [0.15, 0.2) is 5.75 Å². The number of nitriles is 1. The van der Waals surface area contributed by atoms with Gasteiger partial charge in [-0.05, 0) is 31.2 Å². The molecule has 4 nitrogen and oxygen atoms in total. The van der Waals surface area contributed by atoms with Crippen LogP contribution in [0.25, 0.3) is 10.9 Å². The highest BCUT2D eigenvalue weighted by atomic mass is 16.5. The van der Waals surface area contributed by atoms with E-state index in [1.54, 1.807) is 18.2 Å². The molecule has 3 aromatic rings. The van der Waals surface area contributed by atoms with E-state index >= 15 is 0 Å². The number of nitrogens with zero attached hydrogens (tertiary/aromatic N) is 2. The first-order valence-corrected chi connectivity index (χ1v) is 6.51. The molecular formula is C17H13N3O. The Labute approximate surface area is 122 Å². The molecule has 0 aliphatic carbocycles. The molecule has 0 radical (unpaired) electrons. The molecule has 0 amide bonds. The van der Waals surface area contributed by atoms with E-state index in [1.807, 2.05) is 43.3 Å². The Bertz CT molecular complexity index is 866. The number of ether oxygens (including phenoxy) is 1. The van der Waals surface area contributed by atoms with E-state index in [4.69, 9.17) is 15.7 Å². The number of aryl methyl sites for hydroxylation is 1. The summed E-state index contributed by atoms with van der Waals surface area (Å²) in [6, 6.07) is 16.8. The molecule has 0 bridgehead atoms. The molecule has 3 rings (SSSR count). The lowest BCUT2D eigenvalue weighted by Gasteiger charge is -2.09. The third-order valence-electron chi connectivity index (χ3n) is 3.19. The van der Waals surface area contributed by atoms with Crippen molar-refractivity contribution in [3.05, 3.63) is 59.8 Å². The van der Waals surface area contributed by atoms with E-state index in [-0.39, 0.29) is 0 Å². The monoisotopic (exact) mass is 275 g/mol. The maximum atomic E-state index is 8.89. The standard InChI is InChI=1S/C17H13N3O/c1-11-5-6-12-3-2-4-16(17(12)20-11)21-14-8-7-13(10-18)15(19)9-14/h2-9H,19H2,1H3. The summed E-state index contributed by atoms with van der Waals surface area (Å²) in [6.07, 6.45) is 0. The largest absolute Gasteiger partial charge is 0.455 e. The number of benzene rings is 2. The average Bonchev–Trinajstić information content (AvgIpc) is 2.48. The van der Waals surface area contributed by atoms with Crippen molar-refractivity contribution in [3.63, 3.8) is 0 Å². The number of fused-ring (bicyclic) bond motifs is 1. The molecule has 4 heteroatoms. The smallest absolute Gasteiger partial charge is 0.153 e. The highest BCUT2D eigenvalue weighted by Crippen LogP contribution is 2.30. The third kappa shape index (κ3) is 2.49. The summed E-state index contributed by atoms with van der Waals surface area (Å²) in [6.45, 7) is 1.94. The molecule has 102 valence electrons. The van der Waals surface area contributed by atoms with Crippen LogP contribution in [-0.2, 0) is 0 Å². The van der Waals surface area contributed by atoms with E-state index in [2.05, 4.69) is 4.98 Å². The summed E-state index contributed by atoms with van der Waals surface area (Å²) >= 11 is 0. The zero-order valence-electron chi connectivity index (χ0n) is 11.5. The van der Waals surface area contributed by atoms with Crippen LogP contribution in [0.15, 0.2) is 48.5 Å². The van der Waals surface area contributed by atoms with Gasteiger partial charge in [-0.15, -0.1) is 0 Å². The number of nitrogen functional groups attached to an aromatic ring is 1. The highest BCUT2D eigenvalue weighted by Gasteiger charge is 2.07. The Morgan fingerprint density at radius 3 is 2.76 bits per heavy atom. The lowest BCUT2D eigenvalue weighted by Crippen LogP contribution is -1.93. The van der Waals surface area contributed by atoms with Gasteiger partial charge < -0.3 is 10.5 Å². The molecule has 0 saturated carbocycles. The van der Waals surface area contributed by atoms with Gasteiger partial charge in [0.25, 0.3) is 0 Å². The third-order valence-corrected chi connectivity index (χ3v) is 3.19. The zero-order valence-corrected chi connectivity index (χ0v) is 11.5. The zero-order chi connectivity index (χ0) is 14.8. The summed E-state index contributed by atoms with van der Waals surface area (Å²) in [4.78, 5) is 4.52. The Kier molecular flexibility index (Phi) is 3.17. The predicted octanol–water partition coefficient (Wildman–Crippen LogP) is 3.79. The van der Waals surface area contributed by atoms with E-state index in [9.17, 15) is 0 Å². The van der Waals surface area contributed by atoms with Gasteiger partial charge in [0, 0.05) is 17.1 Å². The van der Waals surface area contributed by atoms with Crippen molar-refractivity contribution in [3.8, 4) is 17.6 Å². The second-order valence-electron chi connectivity index (χ2n) is 4.74. The Balaban J connectivity index is 2.04. The Hall–Kier alpha value is -3.06. The van der Waals surface area contributed by atoms with Crippen molar-refractivity contribution in [2.45, 2.75) is 6.92 Å². The minimum atomic E-state index is 0.402. The van der Waals surface area contributed by atoms with Crippen LogP contribution >= 0.6 is 0 Å². The van der Waals surface area contributed by atoms with E-state index in [1.165, 1.54) is 0 Å². The molecule has 2 N–H and O–H groups in total. The molecule has 0 fully saturated rings. The van der Waals surface area contributed by atoms with Gasteiger partial charge in [0.05, 0.1) is 11.3 Å². The van der Waals surface area contributed by atoms with Gasteiger partial charge in [-0.2, -0.15) is 5.26 Å². The molecule has 0 unspecified atom stereocenters. The maximum absolute atomic E-state index is 8.89. The fourth-order valence-corrected chi connectivity index (χ4v) is 2.13. The topological polar surface area (TPSA) is 71.9 Å². The predicted molar refractivity (Wildman–Crippen MR) is 82.1 cm³/mol. The molecule has 0 atom stereocenters. The second-order valence-corrected chi connectivity index (χ2v) is 4.74. The highest BCUT2D eigenvalue weighted by molar-refractivity contribution is 5.84. The van der Waals surface area contributed by atoms with Crippen LogP contribution in [-0.4, -0.2) is 4.98 Å². The van der Waals surface area contributed by atoms with Crippen molar-refractivity contribution < 1.29 is 4.74 Å². The number of rotatable bonds is 2. The summed E-state index contributed by atoms with van der Waals surface area (Å²) in [5.41, 5.74) is 8.38. The quantitative estimate of drug-likeness (QED) is 0.722. The van der Waals surface area contributed by atoms with Gasteiger partial charge >= 0.3 is 0 Å². The van der Waals surface area contributed by atoms with Crippen LogP contribution in [0.5, 0.6) is 11.5 Å². The normalized spacial score (nSPS) is 10.3. The van der Waals surface area contributed by atoms with Crippen LogP contribution in [0, 0.1) is 18.3 Å². The van der Waals surface area contributed by atoms with Crippen LogP contribution in [0.3, 0.4) is 0 Å². The number of hydrogen-bond donors (Lipinski definition) is 1. The SMILES string of the molecule is Cc1ccc2cccc(Oc3ccc(C#N)c(N)c3)c2n1. The van der Waals surface area contributed by atoms with E-state index in [0.717, 1.165) is 16.6 Å². The minimum absolute atomic E-state index is 0.402. The molecule has 2 aromatic carbocycles. The average molecular weight is 275 g/mol. The van der Waals surface area contributed by atoms with E-state index in [0.29, 0.717) is 22.7 Å². The molecule has 0 spiro atoms. The van der Waals surface area contributed by atoms with Crippen molar-refractivity contribution in [2.24, 2.45) is 0 Å². The lowest BCUT2D eigenvalue weighted by molar-refractivity contribution is 0.487. The molecular weight excluding hydrogens is 262 g/mol. The Morgan fingerprint density at radius 1 is 1.14 bits per heavy atom. The fraction of sp³-hybridized carbons (Fsp3) is 0.0588. The molecule has 21 heavy (non-hydrogen) atoms. The van der Waals surface area contributed by atoms with Gasteiger partial charge in [0.2, 0.25) is 0 Å². The molecule has 0 aliphatic rings. The number of aromatic nitrogens is 1. The van der Waals surface area contributed by atoms with Gasteiger partial charge in [-0.3, -0.25) is 0 Å². The maximum Gasteiger partial charge on any atom is 0.153 e. The van der Waals surface area contributed by atoms with Gasteiger partial charge in [-0.1, -0.05) is 18.2 Å².